The Bertz CT molecular complexity index is 473. The summed E-state index contributed by atoms with van der Waals surface area (Å²) in [6, 6.07) is 0. The molecule has 7 atom stereocenters. The molecular formula is C15H22O4. The average Bonchev–Trinajstić information content (AvgIpc) is 2.84. The number of ether oxygens (including phenoxy) is 2. The molecule has 0 aromatic rings. The third kappa shape index (κ3) is 0.988. The smallest absolute Gasteiger partial charge is 0.199 e. The van der Waals surface area contributed by atoms with Crippen molar-refractivity contribution in [1.29, 1.82) is 0 Å². The van der Waals surface area contributed by atoms with Gasteiger partial charge in [0.2, 0.25) is 0 Å². The van der Waals surface area contributed by atoms with E-state index in [9.17, 15) is 9.90 Å². The minimum absolute atomic E-state index is 0.0131. The maximum atomic E-state index is 12.8. The van der Waals surface area contributed by atoms with Crippen LogP contribution >= 0.6 is 0 Å². The van der Waals surface area contributed by atoms with Crippen LogP contribution in [0.2, 0.25) is 0 Å². The number of aliphatic hydroxyl groups excluding tert-OH is 1. The molecule has 4 fully saturated rings. The lowest BCUT2D eigenvalue weighted by molar-refractivity contribution is -0.182. The Morgan fingerprint density at radius 2 is 1.89 bits per heavy atom. The van der Waals surface area contributed by atoms with Crippen molar-refractivity contribution in [3.05, 3.63) is 0 Å². The summed E-state index contributed by atoms with van der Waals surface area (Å²) in [5.74, 6) is 0.533. The maximum Gasteiger partial charge on any atom is 0.199 e. The number of rotatable bonds is 0. The Hall–Kier alpha value is -0.450. The lowest BCUT2D eigenvalue weighted by Crippen LogP contribution is -2.66. The molecule has 2 bridgehead atoms. The standard InChI is InChI=1S/C15H22O4/c1-7-5-6-8(16)15-12(17)10-9(19-15)11(14(7,15)4)13(2,3)18-10/h7-11,16H,5-6H2,1-4H3/t7-,8+,9-,10-,11+,14-,15+/m0/s1. The average molecular weight is 266 g/mol. The molecule has 4 nitrogen and oxygen atoms in total. The molecule has 4 rings (SSSR count). The molecule has 3 saturated heterocycles. The summed E-state index contributed by atoms with van der Waals surface area (Å²) in [6.07, 6.45) is 0.279. The summed E-state index contributed by atoms with van der Waals surface area (Å²) in [6.45, 7) is 8.44. The minimum atomic E-state index is -1.02. The van der Waals surface area contributed by atoms with Crippen molar-refractivity contribution in [1.82, 2.24) is 0 Å². The molecule has 19 heavy (non-hydrogen) atoms. The molecule has 3 aliphatic heterocycles. The van der Waals surface area contributed by atoms with Crippen molar-refractivity contribution in [3.63, 3.8) is 0 Å². The van der Waals surface area contributed by atoms with Crippen LogP contribution in [0.15, 0.2) is 0 Å². The Labute approximate surface area is 113 Å². The first kappa shape index (κ1) is 12.3. The van der Waals surface area contributed by atoms with Gasteiger partial charge in [-0.2, -0.15) is 0 Å². The van der Waals surface area contributed by atoms with Crippen LogP contribution in [0.25, 0.3) is 0 Å². The molecule has 0 aromatic heterocycles. The van der Waals surface area contributed by atoms with Crippen LogP contribution < -0.4 is 0 Å². The molecule has 4 aliphatic rings. The van der Waals surface area contributed by atoms with E-state index < -0.39 is 17.8 Å². The van der Waals surface area contributed by atoms with E-state index in [1.165, 1.54) is 0 Å². The molecule has 4 heteroatoms. The second kappa shape index (κ2) is 3.07. The zero-order valence-corrected chi connectivity index (χ0v) is 12.0. The van der Waals surface area contributed by atoms with E-state index in [4.69, 9.17) is 9.47 Å². The molecule has 1 saturated carbocycles. The van der Waals surface area contributed by atoms with E-state index in [1.807, 2.05) is 0 Å². The highest BCUT2D eigenvalue weighted by Crippen LogP contribution is 2.71. The molecule has 0 unspecified atom stereocenters. The summed E-state index contributed by atoms with van der Waals surface area (Å²) in [7, 11) is 0. The van der Waals surface area contributed by atoms with Crippen LogP contribution in [0.4, 0.5) is 0 Å². The van der Waals surface area contributed by atoms with Crippen molar-refractivity contribution in [2.24, 2.45) is 17.3 Å². The fraction of sp³-hybridized carbons (Fsp3) is 0.933. The maximum absolute atomic E-state index is 12.8. The molecule has 1 N–H and O–H groups in total. The first-order valence-electron chi connectivity index (χ1n) is 7.35. The van der Waals surface area contributed by atoms with Crippen molar-refractivity contribution in [2.75, 3.05) is 0 Å². The lowest BCUT2D eigenvalue weighted by atomic mass is 9.48. The number of fused-ring (bicyclic) bond motifs is 1. The third-order valence-corrected chi connectivity index (χ3v) is 6.57. The van der Waals surface area contributed by atoms with Gasteiger partial charge in [-0.25, -0.2) is 0 Å². The Balaban J connectivity index is 1.97. The number of hydrogen-bond donors (Lipinski definition) is 1. The quantitative estimate of drug-likeness (QED) is 0.718. The van der Waals surface area contributed by atoms with E-state index >= 15 is 0 Å². The lowest BCUT2D eigenvalue weighted by Gasteiger charge is -2.54. The van der Waals surface area contributed by atoms with E-state index in [0.29, 0.717) is 12.3 Å². The van der Waals surface area contributed by atoms with Gasteiger partial charge in [0.1, 0.15) is 6.10 Å². The summed E-state index contributed by atoms with van der Waals surface area (Å²) in [5, 5.41) is 10.5. The number of carbonyl (C=O) groups is 1. The van der Waals surface area contributed by atoms with Crippen LogP contribution in [-0.2, 0) is 14.3 Å². The number of Topliss-reactive ketones (excluding diaryl/α,β-unsaturated/α-hetero) is 1. The Morgan fingerprint density at radius 3 is 2.58 bits per heavy atom. The highest BCUT2D eigenvalue weighted by molar-refractivity contribution is 5.97. The topological polar surface area (TPSA) is 55.8 Å². The van der Waals surface area contributed by atoms with Crippen molar-refractivity contribution < 1.29 is 19.4 Å². The predicted molar refractivity (Wildman–Crippen MR) is 67.6 cm³/mol. The summed E-state index contributed by atoms with van der Waals surface area (Å²) in [5.41, 5.74) is -1.69. The molecule has 106 valence electrons. The number of hydrogen-bond acceptors (Lipinski definition) is 4. The molecular weight excluding hydrogens is 244 g/mol. The van der Waals surface area contributed by atoms with Gasteiger partial charge >= 0.3 is 0 Å². The normalized spacial score (nSPS) is 61.5. The molecule has 1 aliphatic carbocycles. The summed E-state index contributed by atoms with van der Waals surface area (Å²) < 4.78 is 12.2. The second-order valence-corrected chi connectivity index (χ2v) is 7.58. The molecule has 3 heterocycles. The molecule has 0 aromatic carbocycles. The Kier molecular flexibility index (Phi) is 1.99. The zero-order valence-electron chi connectivity index (χ0n) is 12.0. The number of ketones is 1. The zero-order chi connectivity index (χ0) is 13.8. The predicted octanol–water partition coefficient (Wildman–Crippen LogP) is 1.30. The van der Waals surface area contributed by atoms with Crippen LogP contribution in [-0.4, -0.2) is 40.4 Å². The highest BCUT2D eigenvalue weighted by atomic mass is 16.6. The SMILES string of the molecule is C[C@H]1CC[C@@H](O)[C@]23O[C@H]4[C@H](OC(C)(C)[C@@H]4[C@]12C)C3=O. The van der Waals surface area contributed by atoms with Gasteiger partial charge < -0.3 is 14.6 Å². The second-order valence-electron chi connectivity index (χ2n) is 7.58. The first-order chi connectivity index (χ1) is 8.77. The van der Waals surface area contributed by atoms with Crippen molar-refractivity contribution in [2.45, 2.75) is 70.1 Å². The van der Waals surface area contributed by atoms with Gasteiger partial charge in [0.15, 0.2) is 11.4 Å². The monoisotopic (exact) mass is 266 g/mol. The fourth-order valence-electron chi connectivity index (χ4n) is 5.73. The summed E-state index contributed by atoms with van der Waals surface area (Å²) >= 11 is 0. The van der Waals surface area contributed by atoms with Gasteiger partial charge in [0.05, 0.1) is 17.8 Å². The third-order valence-electron chi connectivity index (χ3n) is 6.57. The van der Waals surface area contributed by atoms with Gasteiger partial charge in [-0.05, 0) is 32.6 Å². The van der Waals surface area contributed by atoms with E-state index in [0.717, 1.165) is 6.42 Å². The van der Waals surface area contributed by atoms with Gasteiger partial charge in [0.25, 0.3) is 0 Å². The van der Waals surface area contributed by atoms with Crippen LogP contribution in [0, 0.1) is 17.3 Å². The van der Waals surface area contributed by atoms with E-state index in [-0.39, 0.29) is 28.8 Å². The van der Waals surface area contributed by atoms with Crippen molar-refractivity contribution >= 4 is 5.78 Å². The van der Waals surface area contributed by atoms with Gasteiger partial charge in [-0.3, -0.25) is 4.79 Å². The van der Waals surface area contributed by atoms with Gasteiger partial charge in [0, 0.05) is 11.3 Å². The molecule has 0 radical (unpaired) electrons. The van der Waals surface area contributed by atoms with Crippen molar-refractivity contribution in [3.8, 4) is 0 Å². The van der Waals surface area contributed by atoms with Gasteiger partial charge in [-0.1, -0.05) is 13.8 Å². The van der Waals surface area contributed by atoms with E-state index in [1.54, 1.807) is 0 Å². The van der Waals surface area contributed by atoms with Crippen LogP contribution in [0.5, 0.6) is 0 Å². The minimum Gasteiger partial charge on any atom is -0.390 e. The highest BCUT2D eigenvalue weighted by Gasteiger charge is 2.84. The number of carbonyl (C=O) groups excluding carboxylic acids is 1. The molecule has 1 spiro atoms. The fourth-order valence-corrected chi connectivity index (χ4v) is 5.73. The van der Waals surface area contributed by atoms with E-state index in [2.05, 4.69) is 27.7 Å². The van der Waals surface area contributed by atoms with Crippen LogP contribution in [0.3, 0.4) is 0 Å². The first-order valence-corrected chi connectivity index (χ1v) is 7.35. The Morgan fingerprint density at radius 1 is 1.21 bits per heavy atom. The van der Waals surface area contributed by atoms with Gasteiger partial charge in [-0.15, -0.1) is 0 Å². The molecule has 0 amide bonds. The van der Waals surface area contributed by atoms with Crippen LogP contribution in [0.1, 0.15) is 40.5 Å². The summed E-state index contributed by atoms with van der Waals surface area (Å²) in [4.78, 5) is 12.8. The number of aliphatic hydroxyl groups is 1. The largest absolute Gasteiger partial charge is 0.390 e.